The number of benzene rings is 2. The molecular weight excluding hydrogens is 270 g/mol. The first-order valence-electron chi connectivity index (χ1n) is 6.33. The van der Waals surface area contributed by atoms with Gasteiger partial charge in [-0.15, -0.1) is 0 Å². The highest BCUT2D eigenvalue weighted by Crippen LogP contribution is 2.23. The van der Waals surface area contributed by atoms with E-state index in [0.717, 1.165) is 5.69 Å². The van der Waals surface area contributed by atoms with Crippen molar-refractivity contribution in [3.8, 4) is 0 Å². The lowest BCUT2D eigenvalue weighted by atomic mass is 10.3. The van der Waals surface area contributed by atoms with Gasteiger partial charge >= 0.3 is 12.0 Å². The maximum absolute atomic E-state index is 11.5. The topological polar surface area (TPSA) is 73.8 Å². The van der Waals surface area contributed by atoms with Gasteiger partial charge in [-0.05, 0) is 24.3 Å². The van der Waals surface area contributed by atoms with Gasteiger partial charge in [0, 0.05) is 5.69 Å². The van der Waals surface area contributed by atoms with Gasteiger partial charge in [0.2, 0.25) is 5.82 Å². The Bertz CT molecular complexity index is 671. The minimum absolute atomic E-state index is 0.229. The van der Waals surface area contributed by atoms with Crippen LogP contribution in [0.4, 0.5) is 16.2 Å². The van der Waals surface area contributed by atoms with Gasteiger partial charge in [-0.25, -0.2) is 15.2 Å². The molecule has 1 aliphatic rings. The largest absolute Gasteiger partial charge is 0.478 e. The Morgan fingerprint density at radius 3 is 2.29 bits per heavy atom. The summed E-state index contributed by atoms with van der Waals surface area (Å²) in [7, 11) is 0. The molecule has 1 heterocycles. The molecule has 106 valence electrons. The highest BCUT2D eigenvalue weighted by atomic mass is 16.6. The fraction of sp³-hybridized carbons (Fsp3) is 0. The van der Waals surface area contributed by atoms with Gasteiger partial charge in [0.1, 0.15) is 0 Å². The Labute approximate surface area is 121 Å². The summed E-state index contributed by atoms with van der Waals surface area (Å²) in [5, 5.41) is 14.4. The van der Waals surface area contributed by atoms with Crippen LogP contribution in [0.2, 0.25) is 0 Å². The number of nitrogens with one attached hydrogen (secondary N) is 2. The molecule has 2 aromatic carbocycles. The smallest absolute Gasteiger partial charge is 0.434 e. The second kappa shape index (κ2) is 5.46. The molecule has 0 aromatic heterocycles. The number of carbonyl (C=O) groups is 1. The average molecular weight is 283 g/mol. The van der Waals surface area contributed by atoms with Gasteiger partial charge in [0.25, 0.3) is 0 Å². The molecular formula is C15H13N3O3. The molecule has 6 heteroatoms. The minimum Gasteiger partial charge on any atom is -0.478 e. The zero-order chi connectivity index (χ0) is 14.7. The normalized spacial score (nSPS) is 14.5. The Morgan fingerprint density at radius 1 is 1.00 bits per heavy atom. The molecule has 3 N–H and O–H groups in total. The third kappa shape index (κ3) is 2.74. The van der Waals surface area contributed by atoms with Crippen molar-refractivity contribution < 1.29 is 14.6 Å². The Balaban J connectivity index is 1.96. The third-order valence-electron chi connectivity index (χ3n) is 2.87. The van der Waals surface area contributed by atoms with E-state index in [9.17, 15) is 9.90 Å². The maximum atomic E-state index is 11.5. The SMILES string of the molecule is O=C1NN(c2ccccc2)C(Nc2ccccc2)=C(O)O1. The van der Waals surface area contributed by atoms with Crippen LogP contribution >= 0.6 is 0 Å². The number of cyclic esters (lactones) is 1. The lowest BCUT2D eigenvalue weighted by Crippen LogP contribution is -2.48. The van der Waals surface area contributed by atoms with Gasteiger partial charge in [0.05, 0.1) is 5.69 Å². The molecule has 0 atom stereocenters. The van der Waals surface area contributed by atoms with Crippen LogP contribution in [0.5, 0.6) is 0 Å². The van der Waals surface area contributed by atoms with E-state index in [1.54, 1.807) is 12.1 Å². The summed E-state index contributed by atoms with van der Waals surface area (Å²) in [6.45, 7) is 0. The van der Waals surface area contributed by atoms with E-state index in [2.05, 4.69) is 10.7 Å². The first kappa shape index (κ1) is 12.9. The molecule has 21 heavy (non-hydrogen) atoms. The molecule has 0 radical (unpaired) electrons. The number of para-hydroxylation sites is 2. The molecule has 2 aromatic rings. The molecule has 0 bridgehead atoms. The zero-order valence-electron chi connectivity index (χ0n) is 11.0. The third-order valence-corrected chi connectivity index (χ3v) is 2.87. The van der Waals surface area contributed by atoms with Crippen LogP contribution in [0.15, 0.2) is 72.4 Å². The van der Waals surface area contributed by atoms with Crippen LogP contribution in [0.25, 0.3) is 0 Å². The summed E-state index contributed by atoms with van der Waals surface area (Å²) >= 11 is 0. The van der Waals surface area contributed by atoms with Crippen LogP contribution in [0, 0.1) is 0 Å². The molecule has 1 amide bonds. The Kier molecular flexibility index (Phi) is 3.34. The highest BCUT2D eigenvalue weighted by molar-refractivity contribution is 5.75. The first-order chi connectivity index (χ1) is 10.2. The molecule has 0 saturated heterocycles. The lowest BCUT2D eigenvalue weighted by Gasteiger charge is -2.31. The number of rotatable bonds is 3. The van der Waals surface area contributed by atoms with Gasteiger partial charge in [0.15, 0.2) is 0 Å². The van der Waals surface area contributed by atoms with Crippen molar-refractivity contribution in [1.29, 1.82) is 0 Å². The van der Waals surface area contributed by atoms with Gasteiger partial charge in [-0.1, -0.05) is 36.4 Å². The maximum Gasteiger partial charge on any atom is 0.434 e. The number of anilines is 2. The van der Waals surface area contributed by atoms with Gasteiger partial charge in [-0.3, -0.25) is 0 Å². The predicted octanol–water partition coefficient (Wildman–Crippen LogP) is 2.94. The number of ether oxygens (including phenoxy) is 1. The van der Waals surface area contributed by atoms with Crippen molar-refractivity contribution in [2.45, 2.75) is 0 Å². The van der Waals surface area contributed by atoms with E-state index in [4.69, 9.17) is 4.74 Å². The summed E-state index contributed by atoms with van der Waals surface area (Å²) in [4.78, 5) is 11.5. The highest BCUT2D eigenvalue weighted by Gasteiger charge is 2.27. The van der Waals surface area contributed by atoms with Gasteiger partial charge < -0.3 is 15.2 Å². The first-order valence-corrected chi connectivity index (χ1v) is 6.33. The number of aliphatic hydroxyl groups is 1. The molecule has 3 rings (SSSR count). The number of carbonyl (C=O) groups excluding carboxylic acids is 1. The molecule has 6 nitrogen and oxygen atoms in total. The number of hydrogen-bond donors (Lipinski definition) is 3. The van der Waals surface area contributed by atoms with Crippen LogP contribution in [-0.4, -0.2) is 11.2 Å². The standard InChI is InChI=1S/C15H13N3O3/c19-14-13(16-11-7-3-1-4-8-11)18(17-15(20)21-14)12-9-5-2-6-10-12/h1-10,16,19H,(H,17,20). The predicted molar refractivity (Wildman–Crippen MR) is 78.3 cm³/mol. The monoisotopic (exact) mass is 283 g/mol. The van der Waals surface area contributed by atoms with E-state index in [-0.39, 0.29) is 5.82 Å². The molecule has 0 unspecified atom stereocenters. The lowest BCUT2D eigenvalue weighted by molar-refractivity contribution is 0.107. The van der Waals surface area contributed by atoms with Crippen molar-refractivity contribution in [2.24, 2.45) is 0 Å². The van der Waals surface area contributed by atoms with E-state index in [1.165, 1.54) is 5.01 Å². The van der Waals surface area contributed by atoms with E-state index >= 15 is 0 Å². The van der Waals surface area contributed by atoms with Crippen LogP contribution in [0.1, 0.15) is 0 Å². The quantitative estimate of drug-likeness (QED) is 0.807. The van der Waals surface area contributed by atoms with E-state index in [0.29, 0.717) is 5.69 Å². The summed E-state index contributed by atoms with van der Waals surface area (Å²) in [5.41, 5.74) is 3.95. The fourth-order valence-corrected chi connectivity index (χ4v) is 1.94. The number of amides is 1. The van der Waals surface area contributed by atoms with Crippen molar-refractivity contribution in [1.82, 2.24) is 5.43 Å². The molecule has 1 aliphatic heterocycles. The van der Waals surface area contributed by atoms with E-state index < -0.39 is 12.0 Å². The summed E-state index contributed by atoms with van der Waals surface area (Å²) < 4.78 is 4.70. The van der Waals surface area contributed by atoms with Crippen molar-refractivity contribution in [3.63, 3.8) is 0 Å². The summed E-state index contributed by atoms with van der Waals surface area (Å²) in [5.74, 6) is -0.265. The Hall–Kier alpha value is -3.15. The second-order valence-electron chi connectivity index (χ2n) is 4.32. The van der Waals surface area contributed by atoms with Crippen LogP contribution < -0.4 is 15.8 Å². The van der Waals surface area contributed by atoms with Crippen molar-refractivity contribution in [2.75, 3.05) is 10.3 Å². The number of hydrazine groups is 1. The number of aliphatic hydroxyl groups excluding tert-OH is 1. The molecule has 0 aliphatic carbocycles. The van der Waals surface area contributed by atoms with Crippen LogP contribution in [0.3, 0.4) is 0 Å². The fourth-order valence-electron chi connectivity index (χ4n) is 1.94. The molecule has 0 saturated carbocycles. The van der Waals surface area contributed by atoms with Crippen LogP contribution in [-0.2, 0) is 4.74 Å². The summed E-state index contributed by atoms with van der Waals surface area (Å²) in [6.07, 6.45) is -0.755. The minimum atomic E-state index is -0.755. The van der Waals surface area contributed by atoms with Gasteiger partial charge in [-0.2, -0.15) is 0 Å². The van der Waals surface area contributed by atoms with Crippen molar-refractivity contribution in [3.05, 3.63) is 72.4 Å². The number of hydrogen-bond acceptors (Lipinski definition) is 5. The average Bonchev–Trinajstić information content (AvgIpc) is 2.51. The second-order valence-corrected chi connectivity index (χ2v) is 4.32. The number of nitrogens with zero attached hydrogens (tertiary/aromatic N) is 1. The summed E-state index contributed by atoms with van der Waals surface area (Å²) in [6, 6.07) is 18.4. The van der Waals surface area contributed by atoms with E-state index in [1.807, 2.05) is 48.5 Å². The Morgan fingerprint density at radius 2 is 1.62 bits per heavy atom. The molecule has 0 fully saturated rings. The van der Waals surface area contributed by atoms with Crippen molar-refractivity contribution >= 4 is 17.5 Å². The zero-order valence-corrected chi connectivity index (χ0v) is 11.0. The molecule has 0 spiro atoms.